The Labute approximate surface area is 236 Å². The average molecular weight is 585 g/mol. The van der Waals surface area contributed by atoms with Crippen molar-refractivity contribution in [3.05, 3.63) is 114 Å². The molecule has 0 radical (unpaired) electrons. The van der Waals surface area contributed by atoms with Gasteiger partial charge in [0.1, 0.15) is 29.5 Å². The van der Waals surface area contributed by atoms with Crippen molar-refractivity contribution in [2.24, 2.45) is 0 Å². The third-order valence-corrected chi connectivity index (χ3v) is 7.82. The van der Waals surface area contributed by atoms with E-state index in [1.54, 1.807) is 37.3 Å². The summed E-state index contributed by atoms with van der Waals surface area (Å²) in [6.45, 7) is 1.21. The molecule has 41 heavy (non-hydrogen) atoms. The standard InChI is InChI=1S/C30H27F3N2O5S/c1-21-11-16-27(39-2)28(17-21)41(37,38)35(25-10-6-9-23(18-25)30(31,32)33)19-29(36)34-24-12-14-26(15-13-24)40-20-22-7-4-3-5-8-22/h3-18H,19-20H2,1-2H3,(H,34,36). The summed E-state index contributed by atoms with van der Waals surface area (Å²) in [6.07, 6.45) is -4.72. The zero-order valence-corrected chi connectivity index (χ0v) is 23.0. The summed E-state index contributed by atoms with van der Waals surface area (Å²) in [4.78, 5) is 12.8. The molecule has 0 bridgehead atoms. The van der Waals surface area contributed by atoms with Gasteiger partial charge in [-0.15, -0.1) is 0 Å². The molecule has 0 unspecified atom stereocenters. The molecule has 0 heterocycles. The van der Waals surface area contributed by atoms with Crippen LogP contribution in [0.25, 0.3) is 0 Å². The molecule has 0 atom stereocenters. The third-order valence-electron chi connectivity index (χ3n) is 6.02. The number of benzene rings is 4. The first-order valence-electron chi connectivity index (χ1n) is 12.4. The van der Waals surface area contributed by atoms with E-state index in [0.29, 0.717) is 34.0 Å². The number of carbonyl (C=O) groups excluding carboxylic acids is 1. The first-order valence-corrected chi connectivity index (χ1v) is 13.8. The normalized spacial score (nSPS) is 11.5. The highest BCUT2D eigenvalue weighted by atomic mass is 32.2. The Morgan fingerprint density at radius 2 is 1.61 bits per heavy atom. The Bertz CT molecular complexity index is 1610. The summed E-state index contributed by atoms with van der Waals surface area (Å²) in [6, 6.07) is 24.2. The molecule has 7 nitrogen and oxygen atoms in total. The first-order chi connectivity index (χ1) is 19.5. The van der Waals surface area contributed by atoms with Crippen LogP contribution in [0.4, 0.5) is 24.5 Å². The molecule has 0 aromatic heterocycles. The summed E-state index contributed by atoms with van der Waals surface area (Å²) in [5, 5.41) is 2.60. The highest BCUT2D eigenvalue weighted by Crippen LogP contribution is 2.35. The van der Waals surface area contributed by atoms with Gasteiger partial charge in [-0.2, -0.15) is 13.2 Å². The Hall–Kier alpha value is -4.51. The van der Waals surface area contributed by atoms with Crippen molar-refractivity contribution in [3.8, 4) is 11.5 Å². The molecule has 4 aromatic rings. The van der Waals surface area contributed by atoms with Crippen molar-refractivity contribution >= 4 is 27.3 Å². The molecule has 1 amide bonds. The van der Waals surface area contributed by atoms with Gasteiger partial charge in [0.25, 0.3) is 10.0 Å². The molecule has 0 saturated heterocycles. The molecule has 4 rings (SSSR count). The smallest absolute Gasteiger partial charge is 0.416 e. The SMILES string of the molecule is COc1ccc(C)cc1S(=O)(=O)N(CC(=O)Nc1ccc(OCc2ccccc2)cc1)c1cccc(C(F)(F)F)c1. The molecule has 11 heteroatoms. The van der Waals surface area contributed by atoms with Crippen molar-refractivity contribution in [3.63, 3.8) is 0 Å². The van der Waals surface area contributed by atoms with Crippen LogP contribution in [0.5, 0.6) is 11.5 Å². The first kappa shape index (κ1) is 29.5. The Balaban J connectivity index is 1.59. The second-order valence-electron chi connectivity index (χ2n) is 9.06. The number of aryl methyl sites for hydroxylation is 1. The molecule has 0 spiro atoms. The highest BCUT2D eigenvalue weighted by molar-refractivity contribution is 7.93. The van der Waals surface area contributed by atoms with Gasteiger partial charge in [-0.3, -0.25) is 9.10 Å². The van der Waals surface area contributed by atoms with Crippen molar-refractivity contribution in [1.29, 1.82) is 0 Å². The Morgan fingerprint density at radius 3 is 2.27 bits per heavy atom. The second kappa shape index (κ2) is 12.3. The van der Waals surface area contributed by atoms with E-state index in [-0.39, 0.29) is 16.3 Å². The van der Waals surface area contributed by atoms with E-state index in [9.17, 15) is 26.4 Å². The molecule has 4 aromatic carbocycles. The summed E-state index contributed by atoms with van der Waals surface area (Å²) in [5.41, 5.74) is 0.510. The van der Waals surface area contributed by atoms with Gasteiger partial charge in [0.2, 0.25) is 5.91 Å². The van der Waals surface area contributed by atoms with E-state index in [1.165, 1.54) is 25.3 Å². The lowest BCUT2D eigenvalue weighted by Crippen LogP contribution is -2.38. The molecular formula is C30H27F3N2O5S. The quantitative estimate of drug-likeness (QED) is 0.232. The van der Waals surface area contributed by atoms with E-state index >= 15 is 0 Å². The van der Waals surface area contributed by atoms with Gasteiger partial charge >= 0.3 is 6.18 Å². The fourth-order valence-electron chi connectivity index (χ4n) is 3.96. The monoisotopic (exact) mass is 584 g/mol. The Kier molecular flexibility index (Phi) is 8.87. The zero-order chi connectivity index (χ0) is 29.6. The highest BCUT2D eigenvalue weighted by Gasteiger charge is 2.34. The van der Waals surface area contributed by atoms with Crippen LogP contribution in [0.2, 0.25) is 0 Å². The average Bonchev–Trinajstić information content (AvgIpc) is 2.95. The second-order valence-corrected chi connectivity index (χ2v) is 10.9. The number of hydrogen-bond acceptors (Lipinski definition) is 5. The molecule has 0 aliphatic heterocycles. The topological polar surface area (TPSA) is 84.9 Å². The van der Waals surface area contributed by atoms with Crippen molar-refractivity contribution in [2.75, 3.05) is 23.3 Å². The van der Waals surface area contributed by atoms with Crippen LogP contribution in [0.3, 0.4) is 0 Å². The number of ether oxygens (including phenoxy) is 2. The van der Waals surface area contributed by atoms with Gasteiger partial charge < -0.3 is 14.8 Å². The molecule has 0 aliphatic rings. The van der Waals surface area contributed by atoms with E-state index in [1.807, 2.05) is 30.3 Å². The van der Waals surface area contributed by atoms with Gasteiger partial charge in [0.05, 0.1) is 18.4 Å². The molecular weight excluding hydrogens is 557 g/mol. The molecule has 0 aliphatic carbocycles. The van der Waals surface area contributed by atoms with Crippen LogP contribution in [0.15, 0.2) is 102 Å². The summed E-state index contributed by atoms with van der Waals surface area (Å²) in [7, 11) is -3.27. The number of methoxy groups -OCH3 is 1. The zero-order valence-electron chi connectivity index (χ0n) is 22.2. The van der Waals surface area contributed by atoms with Crippen molar-refractivity contribution in [2.45, 2.75) is 24.6 Å². The summed E-state index contributed by atoms with van der Waals surface area (Å²) in [5.74, 6) is -0.235. The maximum atomic E-state index is 13.8. The van der Waals surface area contributed by atoms with Crippen LogP contribution in [-0.2, 0) is 27.6 Å². The van der Waals surface area contributed by atoms with E-state index in [2.05, 4.69) is 5.32 Å². The van der Waals surface area contributed by atoms with Crippen molar-refractivity contribution < 1.29 is 35.9 Å². The van der Waals surface area contributed by atoms with Gasteiger partial charge in [-0.1, -0.05) is 42.5 Å². The molecule has 214 valence electrons. The van der Waals surface area contributed by atoms with E-state index in [0.717, 1.165) is 17.7 Å². The number of sulfonamides is 1. The van der Waals surface area contributed by atoms with E-state index < -0.39 is 34.2 Å². The minimum absolute atomic E-state index is 0.0147. The van der Waals surface area contributed by atoms with Gasteiger partial charge in [-0.05, 0) is 72.6 Å². The number of amides is 1. The van der Waals surface area contributed by atoms with Gasteiger partial charge in [-0.25, -0.2) is 8.42 Å². The Morgan fingerprint density at radius 1 is 0.902 bits per heavy atom. The lowest BCUT2D eigenvalue weighted by Gasteiger charge is -2.26. The summed E-state index contributed by atoms with van der Waals surface area (Å²) < 4.78 is 79.6. The number of hydrogen-bond donors (Lipinski definition) is 1. The third kappa shape index (κ3) is 7.37. The predicted molar refractivity (Wildman–Crippen MR) is 150 cm³/mol. The number of anilines is 2. The minimum atomic E-state index is -4.72. The van der Waals surface area contributed by atoms with Crippen LogP contribution in [0.1, 0.15) is 16.7 Å². The minimum Gasteiger partial charge on any atom is -0.495 e. The van der Waals surface area contributed by atoms with Crippen LogP contribution in [-0.4, -0.2) is 28.0 Å². The van der Waals surface area contributed by atoms with Gasteiger partial charge in [0.15, 0.2) is 0 Å². The number of nitrogens with one attached hydrogen (secondary N) is 1. The van der Waals surface area contributed by atoms with Crippen molar-refractivity contribution in [1.82, 2.24) is 0 Å². The molecule has 1 N–H and O–H groups in total. The lowest BCUT2D eigenvalue weighted by molar-refractivity contribution is -0.137. The fraction of sp³-hybridized carbons (Fsp3) is 0.167. The number of halogens is 3. The lowest BCUT2D eigenvalue weighted by atomic mass is 10.2. The largest absolute Gasteiger partial charge is 0.495 e. The molecule has 0 fully saturated rings. The number of rotatable bonds is 10. The maximum absolute atomic E-state index is 13.8. The number of alkyl halides is 3. The van der Waals surface area contributed by atoms with Crippen LogP contribution in [0, 0.1) is 6.92 Å². The fourth-order valence-corrected chi connectivity index (χ4v) is 5.62. The summed E-state index contributed by atoms with van der Waals surface area (Å²) >= 11 is 0. The number of carbonyl (C=O) groups is 1. The van der Waals surface area contributed by atoms with Crippen LogP contribution < -0.4 is 19.1 Å². The predicted octanol–water partition coefficient (Wildman–Crippen LogP) is 6.44. The number of nitrogens with zero attached hydrogens (tertiary/aromatic N) is 1. The van der Waals surface area contributed by atoms with Gasteiger partial charge in [0, 0.05) is 5.69 Å². The van der Waals surface area contributed by atoms with E-state index in [4.69, 9.17) is 9.47 Å². The van der Waals surface area contributed by atoms with Crippen LogP contribution >= 0.6 is 0 Å². The maximum Gasteiger partial charge on any atom is 0.416 e. The molecule has 0 saturated carbocycles.